The Balaban J connectivity index is 3.09. The highest BCUT2D eigenvalue weighted by molar-refractivity contribution is 7.89. The first kappa shape index (κ1) is 14.9. The van der Waals surface area contributed by atoms with Crippen LogP contribution in [0.5, 0.6) is 0 Å². The molecular weight excluding hydrogens is 254 g/mol. The van der Waals surface area contributed by atoms with Crippen molar-refractivity contribution < 1.29 is 13.5 Å². The molecule has 0 bridgehead atoms. The van der Waals surface area contributed by atoms with Crippen molar-refractivity contribution in [3.63, 3.8) is 0 Å². The van der Waals surface area contributed by atoms with E-state index >= 15 is 0 Å². The summed E-state index contributed by atoms with van der Waals surface area (Å²) >= 11 is 0. The van der Waals surface area contributed by atoms with Crippen LogP contribution in [-0.2, 0) is 10.0 Å². The lowest BCUT2D eigenvalue weighted by atomic mass is 10.3. The van der Waals surface area contributed by atoms with E-state index in [1.165, 1.54) is 16.4 Å². The van der Waals surface area contributed by atoms with E-state index in [1.54, 1.807) is 26.0 Å². The molecule has 4 N–H and O–H groups in total. The molecular formula is C11H19N3O3S. The Labute approximate surface area is 107 Å². The predicted molar refractivity (Wildman–Crippen MR) is 70.4 cm³/mol. The highest BCUT2D eigenvalue weighted by Crippen LogP contribution is 2.19. The van der Waals surface area contributed by atoms with Crippen molar-refractivity contribution in [3.05, 3.63) is 24.3 Å². The van der Waals surface area contributed by atoms with E-state index < -0.39 is 10.0 Å². The summed E-state index contributed by atoms with van der Waals surface area (Å²) in [5.74, 6) is 5.22. The number of aliphatic hydroxyl groups is 1. The van der Waals surface area contributed by atoms with E-state index in [4.69, 9.17) is 10.9 Å². The Morgan fingerprint density at radius 3 is 2.28 bits per heavy atom. The van der Waals surface area contributed by atoms with Gasteiger partial charge in [0, 0.05) is 18.3 Å². The molecule has 6 nitrogen and oxygen atoms in total. The third-order valence-electron chi connectivity index (χ3n) is 2.52. The van der Waals surface area contributed by atoms with E-state index in [-0.39, 0.29) is 24.1 Å². The lowest BCUT2D eigenvalue weighted by Crippen LogP contribution is -2.38. The number of nitrogens with one attached hydrogen (secondary N) is 1. The second kappa shape index (κ2) is 6.14. The van der Waals surface area contributed by atoms with Gasteiger partial charge in [-0.3, -0.25) is 5.84 Å². The summed E-state index contributed by atoms with van der Waals surface area (Å²) in [5, 5.41) is 8.95. The fraction of sp³-hybridized carbons (Fsp3) is 0.455. The highest BCUT2D eigenvalue weighted by atomic mass is 32.2. The summed E-state index contributed by atoms with van der Waals surface area (Å²) in [7, 11) is -3.58. The normalized spacial score (nSPS) is 12.1. The highest BCUT2D eigenvalue weighted by Gasteiger charge is 2.26. The van der Waals surface area contributed by atoms with Crippen LogP contribution in [0, 0.1) is 0 Å². The molecule has 0 heterocycles. The molecule has 0 saturated heterocycles. The second-order valence-corrected chi connectivity index (χ2v) is 5.99. The Kier molecular flexibility index (Phi) is 5.09. The molecule has 0 aliphatic heterocycles. The van der Waals surface area contributed by atoms with Crippen LogP contribution in [0.25, 0.3) is 0 Å². The quantitative estimate of drug-likeness (QED) is 0.514. The van der Waals surface area contributed by atoms with Crippen molar-refractivity contribution >= 4 is 15.7 Å². The second-order valence-electron chi connectivity index (χ2n) is 4.10. The van der Waals surface area contributed by atoms with Gasteiger partial charge in [0.2, 0.25) is 10.0 Å². The standard InChI is InChI=1S/C11H19N3O3S/c1-9(2)14(7-8-15)18(16,17)11-5-3-10(13-12)4-6-11/h3-6,9,13,15H,7-8,12H2,1-2H3. The van der Waals surface area contributed by atoms with Gasteiger partial charge < -0.3 is 10.5 Å². The number of rotatable bonds is 6. The van der Waals surface area contributed by atoms with Gasteiger partial charge in [-0.2, -0.15) is 4.31 Å². The minimum Gasteiger partial charge on any atom is -0.395 e. The number of sulfonamides is 1. The van der Waals surface area contributed by atoms with Crippen LogP contribution in [0.1, 0.15) is 13.8 Å². The zero-order chi connectivity index (χ0) is 13.8. The van der Waals surface area contributed by atoms with Crippen molar-refractivity contribution in [3.8, 4) is 0 Å². The Morgan fingerprint density at radius 1 is 1.33 bits per heavy atom. The smallest absolute Gasteiger partial charge is 0.243 e. The molecule has 102 valence electrons. The summed E-state index contributed by atoms with van der Waals surface area (Å²) in [6.45, 7) is 3.41. The first-order valence-corrected chi connectivity index (χ1v) is 7.07. The molecule has 7 heteroatoms. The number of nitrogens with two attached hydrogens (primary N) is 1. The largest absolute Gasteiger partial charge is 0.395 e. The molecule has 0 aliphatic rings. The lowest BCUT2D eigenvalue weighted by molar-refractivity contribution is 0.236. The number of nitrogen functional groups attached to an aromatic ring is 1. The summed E-state index contributed by atoms with van der Waals surface area (Å²) in [5.41, 5.74) is 3.07. The number of anilines is 1. The van der Waals surface area contributed by atoms with E-state index in [1.807, 2.05) is 0 Å². The molecule has 1 aromatic rings. The van der Waals surface area contributed by atoms with Crippen LogP contribution >= 0.6 is 0 Å². The monoisotopic (exact) mass is 273 g/mol. The van der Waals surface area contributed by atoms with Gasteiger partial charge in [-0.15, -0.1) is 0 Å². The molecule has 1 rings (SSSR count). The predicted octanol–water partition coefficient (Wildman–Crippen LogP) is 0.364. The molecule has 1 aromatic carbocycles. The number of hydrogen-bond donors (Lipinski definition) is 3. The third kappa shape index (κ3) is 3.20. The maximum Gasteiger partial charge on any atom is 0.243 e. The third-order valence-corrected chi connectivity index (χ3v) is 4.61. The van der Waals surface area contributed by atoms with Gasteiger partial charge in [-0.05, 0) is 38.1 Å². The van der Waals surface area contributed by atoms with E-state index in [0.29, 0.717) is 5.69 Å². The molecule has 0 aliphatic carbocycles. The summed E-state index contributed by atoms with van der Waals surface area (Å²) in [6.07, 6.45) is 0. The van der Waals surface area contributed by atoms with Gasteiger partial charge in [-0.1, -0.05) is 0 Å². The lowest BCUT2D eigenvalue weighted by Gasteiger charge is -2.25. The van der Waals surface area contributed by atoms with Crippen LogP contribution in [0.15, 0.2) is 29.2 Å². The number of aliphatic hydroxyl groups excluding tert-OH is 1. The number of hydrazine groups is 1. The van der Waals surface area contributed by atoms with Crippen molar-refractivity contribution in [1.29, 1.82) is 0 Å². The Bertz CT molecular complexity index is 471. The van der Waals surface area contributed by atoms with Gasteiger partial charge in [0.25, 0.3) is 0 Å². The van der Waals surface area contributed by atoms with Crippen molar-refractivity contribution in [2.24, 2.45) is 5.84 Å². The minimum atomic E-state index is -3.58. The van der Waals surface area contributed by atoms with Gasteiger partial charge in [0.1, 0.15) is 0 Å². The first-order chi connectivity index (χ1) is 8.43. The molecule has 0 fully saturated rings. The van der Waals surface area contributed by atoms with Crippen molar-refractivity contribution in [2.75, 3.05) is 18.6 Å². The summed E-state index contributed by atoms with van der Waals surface area (Å²) in [6, 6.07) is 5.93. The number of benzene rings is 1. The molecule has 0 unspecified atom stereocenters. The van der Waals surface area contributed by atoms with E-state index in [0.717, 1.165) is 0 Å². The van der Waals surface area contributed by atoms with Gasteiger partial charge in [0.05, 0.1) is 11.5 Å². The minimum absolute atomic E-state index is 0.0802. The zero-order valence-electron chi connectivity index (χ0n) is 10.5. The Morgan fingerprint density at radius 2 is 1.89 bits per heavy atom. The van der Waals surface area contributed by atoms with Gasteiger partial charge >= 0.3 is 0 Å². The van der Waals surface area contributed by atoms with Crippen molar-refractivity contribution in [2.45, 2.75) is 24.8 Å². The topological polar surface area (TPSA) is 95.7 Å². The van der Waals surface area contributed by atoms with Crippen molar-refractivity contribution in [1.82, 2.24) is 4.31 Å². The SMILES string of the molecule is CC(C)N(CCO)S(=O)(=O)c1ccc(NN)cc1. The molecule has 18 heavy (non-hydrogen) atoms. The summed E-state index contributed by atoms with van der Waals surface area (Å²) < 4.78 is 25.9. The van der Waals surface area contributed by atoms with Crippen LogP contribution in [0.4, 0.5) is 5.69 Å². The fourth-order valence-electron chi connectivity index (χ4n) is 1.61. The van der Waals surface area contributed by atoms with Crippen LogP contribution in [0.3, 0.4) is 0 Å². The fourth-order valence-corrected chi connectivity index (χ4v) is 3.24. The molecule has 0 aromatic heterocycles. The number of hydrogen-bond acceptors (Lipinski definition) is 5. The maximum atomic E-state index is 12.3. The molecule has 0 spiro atoms. The first-order valence-electron chi connectivity index (χ1n) is 5.63. The Hall–Kier alpha value is -1.15. The average Bonchev–Trinajstić information content (AvgIpc) is 2.35. The van der Waals surface area contributed by atoms with Gasteiger partial charge in [-0.25, -0.2) is 8.42 Å². The number of nitrogens with zero attached hydrogens (tertiary/aromatic N) is 1. The average molecular weight is 273 g/mol. The van der Waals surface area contributed by atoms with Crippen LogP contribution in [-0.4, -0.2) is 37.0 Å². The summed E-state index contributed by atoms with van der Waals surface area (Å²) in [4.78, 5) is 0.184. The maximum absolute atomic E-state index is 12.3. The molecule has 0 radical (unpaired) electrons. The molecule has 0 saturated carbocycles. The van der Waals surface area contributed by atoms with E-state index in [2.05, 4.69) is 5.43 Å². The van der Waals surface area contributed by atoms with Gasteiger partial charge in [0.15, 0.2) is 0 Å². The van der Waals surface area contributed by atoms with E-state index in [9.17, 15) is 8.42 Å². The van der Waals surface area contributed by atoms with Crippen LogP contribution in [0.2, 0.25) is 0 Å². The zero-order valence-corrected chi connectivity index (χ0v) is 11.3. The van der Waals surface area contributed by atoms with Crippen LogP contribution < -0.4 is 11.3 Å². The molecule has 0 atom stereocenters. The molecule has 0 amide bonds.